The van der Waals surface area contributed by atoms with Crippen LogP contribution in [-0.4, -0.2) is 61.2 Å². The molecule has 0 saturated carbocycles. The van der Waals surface area contributed by atoms with Crippen molar-refractivity contribution in [3.63, 3.8) is 0 Å². The molecule has 2 heterocycles. The number of benzene rings is 2. The fraction of sp³-hybridized carbons (Fsp3) is 0.433. The van der Waals surface area contributed by atoms with Crippen LogP contribution in [0.1, 0.15) is 57.1 Å². The molecule has 0 saturated heterocycles. The van der Waals surface area contributed by atoms with Crippen molar-refractivity contribution in [2.75, 3.05) is 14.1 Å². The van der Waals surface area contributed by atoms with Crippen LogP contribution in [0.5, 0.6) is 0 Å². The Morgan fingerprint density at radius 1 is 1.10 bits per heavy atom. The quantitative estimate of drug-likeness (QED) is 0.205. The lowest BCUT2D eigenvalue weighted by Crippen LogP contribution is -2.42. The number of nitrogens with one attached hydrogen (secondary N) is 1. The number of tetrazole rings is 1. The Labute approximate surface area is 240 Å². The van der Waals surface area contributed by atoms with Gasteiger partial charge in [0.05, 0.1) is 5.69 Å². The normalized spacial score (nSPS) is 13.0. The molecule has 0 fully saturated rings. The summed E-state index contributed by atoms with van der Waals surface area (Å²) in [7, 11) is 3.81. The summed E-state index contributed by atoms with van der Waals surface area (Å²) in [4.78, 5) is 19.6. The summed E-state index contributed by atoms with van der Waals surface area (Å²) < 4.78 is 7.93. The fourth-order valence-electron chi connectivity index (χ4n) is 4.93. The van der Waals surface area contributed by atoms with Gasteiger partial charge in [-0.25, -0.2) is 4.98 Å². The molecule has 4 aromatic rings. The number of aryl methyl sites for hydroxylation is 1. The maximum absolute atomic E-state index is 13.1. The molecule has 9 nitrogen and oxygen atoms in total. The third-order valence-corrected chi connectivity index (χ3v) is 7.61. The lowest BCUT2D eigenvalue weighted by atomic mass is 9.98. The highest BCUT2D eigenvalue weighted by atomic mass is 35.5. The van der Waals surface area contributed by atoms with Crippen LogP contribution < -0.4 is 0 Å². The first-order valence-corrected chi connectivity index (χ1v) is 14.2. The van der Waals surface area contributed by atoms with Crippen LogP contribution in [0.15, 0.2) is 48.5 Å². The van der Waals surface area contributed by atoms with E-state index in [9.17, 15) is 4.79 Å². The van der Waals surface area contributed by atoms with E-state index < -0.39 is 0 Å². The third kappa shape index (κ3) is 6.77. The maximum Gasteiger partial charge on any atom is 0.324 e. The molecule has 0 aliphatic rings. The monoisotopic (exact) mass is 563 g/mol. The number of rotatable bonds is 13. The topological polar surface area (TPSA) is 102 Å². The number of carbonyl (C=O) groups is 1. The summed E-state index contributed by atoms with van der Waals surface area (Å²) >= 11 is 6.63. The summed E-state index contributed by atoms with van der Waals surface area (Å²) in [5.41, 5.74) is 4.78. The number of carbonyl (C=O) groups excluding carboxylic acids is 1. The van der Waals surface area contributed by atoms with Crippen LogP contribution in [0.25, 0.3) is 22.5 Å². The van der Waals surface area contributed by atoms with Gasteiger partial charge >= 0.3 is 5.97 Å². The Morgan fingerprint density at radius 3 is 2.45 bits per heavy atom. The summed E-state index contributed by atoms with van der Waals surface area (Å²) in [5, 5.41) is 14.9. The number of H-pyrrole nitrogens is 1. The van der Waals surface area contributed by atoms with Gasteiger partial charge in [0, 0.05) is 18.5 Å². The molecule has 212 valence electrons. The zero-order chi connectivity index (χ0) is 28.6. The molecule has 0 radical (unpaired) electrons. The molecule has 0 amide bonds. The van der Waals surface area contributed by atoms with Crippen molar-refractivity contribution in [3.05, 3.63) is 70.8 Å². The Kier molecular flexibility index (Phi) is 10.1. The molecular formula is C30H38ClN7O2. The summed E-state index contributed by atoms with van der Waals surface area (Å²) in [6.45, 7) is 6.94. The van der Waals surface area contributed by atoms with Gasteiger partial charge in [0.15, 0.2) is 5.15 Å². The SMILES string of the molecule is CCCCc1nc(Cl)c(COC(=O)[C@@H]([C@@H](C)CC)N(C)C)n1Cc1ccc(-c2ccccc2-c2nn[nH]n2)cc1. The Morgan fingerprint density at radius 2 is 1.82 bits per heavy atom. The smallest absolute Gasteiger partial charge is 0.324 e. The van der Waals surface area contributed by atoms with E-state index in [2.05, 4.69) is 75.2 Å². The van der Waals surface area contributed by atoms with Gasteiger partial charge in [-0.3, -0.25) is 9.69 Å². The number of imidazole rings is 1. The van der Waals surface area contributed by atoms with Crippen molar-refractivity contribution in [3.8, 4) is 22.5 Å². The second kappa shape index (κ2) is 13.7. The third-order valence-electron chi connectivity index (χ3n) is 7.31. The number of aromatic nitrogens is 6. The number of hydrogen-bond acceptors (Lipinski definition) is 7. The first kappa shape index (κ1) is 29.4. The van der Waals surface area contributed by atoms with Gasteiger partial charge < -0.3 is 9.30 Å². The van der Waals surface area contributed by atoms with Gasteiger partial charge in [0.25, 0.3) is 0 Å². The molecule has 0 aliphatic carbocycles. The van der Waals surface area contributed by atoms with Gasteiger partial charge in [-0.05, 0) is 48.3 Å². The number of nitrogens with zero attached hydrogens (tertiary/aromatic N) is 6. The first-order chi connectivity index (χ1) is 19.3. The fourth-order valence-corrected chi connectivity index (χ4v) is 5.19. The van der Waals surface area contributed by atoms with Gasteiger partial charge in [0.1, 0.15) is 18.5 Å². The van der Waals surface area contributed by atoms with Crippen LogP contribution in [0.3, 0.4) is 0 Å². The van der Waals surface area contributed by atoms with E-state index in [4.69, 9.17) is 16.3 Å². The summed E-state index contributed by atoms with van der Waals surface area (Å²) in [5.74, 6) is 1.38. The molecule has 2 aromatic carbocycles. The summed E-state index contributed by atoms with van der Waals surface area (Å²) in [6, 6.07) is 16.0. The average molecular weight is 564 g/mol. The number of esters is 1. The molecule has 1 N–H and O–H groups in total. The minimum Gasteiger partial charge on any atom is -0.458 e. The number of aromatic amines is 1. The molecular weight excluding hydrogens is 526 g/mol. The summed E-state index contributed by atoms with van der Waals surface area (Å²) in [6.07, 6.45) is 3.72. The number of hydrogen-bond donors (Lipinski definition) is 1. The minimum atomic E-state index is -0.317. The molecule has 0 spiro atoms. The molecule has 4 rings (SSSR count). The Balaban J connectivity index is 1.58. The highest BCUT2D eigenvalue weighted by molar-refractivity contribution is 6.30. The van der Waals surface area contributed by atoms with E-state index in [0.29, 0.717) is 23.2 Å². The van der Waals surface area contributed by atoms with E-state index in [-0.39, 0.29) is 24.5 Å². The van der Waals surface area contributed by atoms with Crippen LogP contribution in [0.4, 0.5) is 0 Å². The first-order valence-electron chi connectivity index (χ1n) is 13.8. The van der Waals surface area contributed by atoms with Crippen molar-refractivity contribution in [1.29, 1.82) is 0 Å². The van der Waals surface area contributed by atoms with Crippen LogP contribution in [0, 0.1) is 5.92 Å². The van der Waals surface area contributed by atoms with Crippen molar-refractivity contribution in [1.82, 2.24) is 35.1 Å². The molecule has 2 aromatic heterocycles. The zero-order valence-electron chi connectivity index (χ0n) is 23.9. The second-order valence-electron chi connectivity index (χ2n) is 10.3. The standard InChI is InChI=1S/C30H38ClN7O2/c1-6-8-13-26-32-28(31)25(19-40-30(39)27(37(4)5)20(3)7-2)38(26)18-21-14-16-22(17-15-21)23-11-9-10-12-24(23)29-33-35-36-34-29/h9-12,14-17,20,27H,6-8,13,18-19H2,1-5H3,(H,33,34,35,36)/t20-,27+/m0/s1. The van der Waals surface area contributed by atoms with Gasteiger partial charge in [0.2, 0.25) is 5.82 Å². The number of halogens is 1. The maximum atomic E-state index is 13.1. The predicted octanol–water partition coefficient (Wildman–Crippen LogP) is 5.79. The lowest BCUT2D eigenvalue weighted by molar-refractivity contribution is -0.152. The molecule has 0 bridgehead atoms. The van der Waals surface area contributed by atoms with Gasteiger partial charge in [-0.15, -0.1) is 10.2 Å². The molecule has 2 atom stereocenters. The minimum absolute atomic E-state index is 0.0771. The van der Waals surface area contributed by atoms with Gasteiger partial charge in [-0.1, -0.05) is 93.7 Å². The number of ether oxygens (including phenoxy) is 1. The van der Waals surface area contributed by atoms with E-state index in [1.54, 1.807) is 0 Å². The number of likely N-dealkylation sites (N-methyl/N-ethyl adjacent to an activating group) is 1. The molecule has 40 heavy (non-hydrogen) atoms. The predicted molar refractivity (Wildman–Crippen MR) is 157 cm³/mol. The van der Waals surface area contributed by atoms with Crippen molar-refractivity contribution < 1.29 is 9.53 Å². The Hall–Kier alpha value is -3.56. The van der Waals surface area contributed by atoms with Crippen LogP contribution in [0.2, 0.25) is 5.15 Å². The molecule has 10 heteroatoms. The molecule has 0 unspecified atom stereocenters. The van der Waals surface area contributed by atoms with Crippen LogP contribution in [-0.2, 0) is 29.1 Å². The van der Waals surface area contributed by atoms with E-state index in [1.807, 2.05) is 43.3 Å². The second-order valence-corrected chi connectivity index (χ2v) is 10.7. The van der Waals surface area contributed by atoms with Gasteiger partial charge in [-0.2, -0.15) is 5.21 Å². The van der Waals surface area contributed by atoms with E-state index in [1.165, 1.54) is 0 Å². The van der Waals surface area contributed by atoms with Crippen molar-refractivity contribution in [2.45, 2.75) is 65.6 Å². The van der Waals surface area contributed by atoms with Crippen molar-refractivity contribution in [2.24, 2.45) is 5.92 Å². The lowest BCUT2D eigenvalue weighted by Gasteiger charge is -2.27. The van der Waals surface area contributed by atoms with E-state index >= 15 is 0 Å². The Bertz CT molecular complexity index is 1380. The largest absolute Gasteiger partial charge is 0.458 e. The molecule has 0 aliphatic heterocycles. The number of unbranched alkanes of at least 4 members (excludes halogenated alkanes) is 1. The highest BCUT2D eigenvalue weighted by Crippen LogP contribution is 2.30. The highest BCUT2D eigenvalue weighted by Gasteiger charge is 2.28. The van der Waals surface area contributed by atoms with E-state index in [0.717, 1.165) is 53.8 Å². The average Bonchev–Trinajstić information content (AvgIpc) is 3.59. The zero-order valence-corrected chi connectivity index (χ0v) is 24.6. The van der Waals surface area contributed by atoms with Crippen LogP contribution >= 0.6 is 11.6 Å². The van der Waals surface area contributed by atoms with Crippen molar-refractivity contribution >= 4 is 17.6 Å².